The summed E-state index contributed by atoms with van der Waals surface area (Å²) in [5.74, 6) is 1.08. The zero-order chi connectivity index (χ0) is 5.11. The fourth-order valence-electron chi connectivity index (χ4n) is 0.484. The van der Waals surface area contributed by atoms with Crippen LogP contribution in [0.2, 0.25) is 0 Å². The fourth-order valence-corrected chi connectivity index (χ4v) is 2.32. The molecule has 0 saturated carbocycles. The van der Waals surface area contributed by atoms with Gasteiger partial charge in [-0.25, -0.2) is 4.21 Å². The Bertz CT molecular complexity index is 144. The first-order valence-corrected chi connectivity index (χ1v) is 4.81. The van der Waals surface area contributed by atoms with Crippen LogP contribution in [-0.4, -0.2) is 9.96 Å². The minimum Gasteiger partial charge on any atom is -0.205 e. The third kappa shape index (κ3) is 1.24. The largest absolute Gasteiger partial charge is 0.205 e. The molecule has 0 amide bonds. The van der Waals surface area contributed by atoms with Crippen LogP contribution in [0.15, 0.2) is 11.5 Å². The van der Waals surface area contributed by atoms with Crippen molar-refractivity contribution >= 4 is 19.7 Å². The molecule has 0 fully saturated rings. The van der Waals surface area contributed by atoms with Crippen LogP contribution in [0.25, 0.3) is 0 Å². The van der Waals surface area contributed by atoms with Gasteiger partial charge in [0.25, 0.3) is 0 Å². The summed E-state index contributed by atoms with van der Waals surface area (Å²) in [6.07, 6.45) is 3.19. The SMILES string of the molecule is O=S=S1C=CCC1. The number of allylic oxidation sites excluding steroid dienone is 1. The molecule has 7 heavy (non-hydrogen) atoms. The molecule has 0 N–H and O–H groups in total. The molecule has 0 aromatic heterocycles. The second kappa shape index (κ2) is 2.43. The molecule has 0 aromatic rings. The fraction of sp³-hybridized carbons (Fsp3) is 0.500. The Hall–Kier alpha value is 0.110. The van der Waals surface area contributed by atoms with E-state index in [1.54, 1.807) is 0 Å². The molecule has 0 saturated heterocycles. The van der Waals surface area contributed by atoms with Gasteiger partial charge in [0.1, 0.15) is 10.2 Å². The number of hydrogen-bond donors (Lipinski definition) is 0. The molecule has 0 aromatic carbocycles. The van der Waals surface area contributed by atoms with Crippen molar-refractivity contribution in [1.29, 1.82) is 0 Å². The summed E-state index contributed by atoms with van der Waals surface area (Å²) in [6, 6.07) is 0. The van der Waals surface area contributed by atoms with Gasteiger partial charge in [0.05, 0.1) is 0 Å². The van der Waals surface area contributed by atoms with Gasteiger partial charge in [-0.2, -0.15) is 0 Å². The molecular weight excluding hydrogens is 128 g/mol. The van der Waals surface area contributed by atoms with E-state index in [0.29, 0.717) is 0 Å². The topological polar surface area (TPSA) is 17.1 Å². The summed E-state index contributed by atoms with van der Waals surface area (Å²) < 4.78 is 10.0. The quantitative estimate of drug-likeness (QED) is 0.475. The van der Waals surface area contributed by atoms with E-state index in [0.717, 1.165) is 22.4 Å². The maximum Gasteiger partial charge on any atom is 0.124 e. The van der Waals surface area contributed by atoms with Crippen LogP contribution in [0, 0.1) is 0 Å². The molecule has 0 spiro atoms. The second-order valence-corrected chi connectivity index (χ2v) is 4.58. The van der Waals surface area contributed by atoms with Gasteiger partial charge in [-0.3, -0.25) is 0 Å². The Labute approximate surface area is 48.1 Å². The second-order valence-electron chi connectivity index (χ2n) is 1.31. The van der Waals surface area contributed by atoms with E-state index < -0.39 is 0 Å². The lowest BCUT2D eigenvalue weighted by molar-refractivity contribution is 0.701. The lowest BCUT2D eigenvalue weighted by Gasteiger charge is -1.78. The van der Waals surface area contributed by atoms with Crippen LogP contribution in [0.3, 0.4) is 0 Å². The van der Waals surface area contributed by atoms with Gasteiger partial charge >= 0.3 is 0 Å². The van der Waals surface area contributed by atoms with Gasteiger partial charge in [0.2, 0.25) is 0 Å². The predicted octanol–water partition coefficient (Wildman–Crippen LogP) is 0.650. The highest BCUT2D eigenvalue weighted by Crippen LogP contribution is 2.00. The van der Waals surface area contributed by atoms with E-state index in [-0.39, 0.29) is 9.45 Å². The average Bonchev–Trinajstić information content (AvgIpc) is 2.14. The monoisotopic (exact) mass is 134 g/mol. The van der Waals surface area contributed by atoms with E-state index in [1.807, 2.05) is 5.41 Å². The Morgan fingerprint density at radius 2 is 2.57 bits per heavy atom. The number of hydrogen-bond acceptors (Lipinski definition) is 1. The van der Waals surface area contributed by atoms with Crippen molar-refractivity contribution in [3.63, 3.8) is 0 Å². The highest BCUT2D eigenvalue weighted by molar-refractivity contribution is 8.33. The van der Waals surface area contributed by atoms with Crippen molar-refractivity contribution in [2.45, 2.75) is 6.42 Å². The van der Waals surface area contributed by atoms with Crippen LogP contribution in [-0.2, 0) is 19.7 Å². The Morgan fingerprint density at radius 3 is 2.86 bits per heavy atom. The van der Waals surface area contributed by atoms with Crippen molar-refractivity contribution < 1.29 is 4.21 Å². The maximum absolute atomic E-state index is 10.0. The third-order valence-corrected chi connectivity index (χ3v) is 3.49. The molecule has 40 valence electrons. The van der Waals surface area contributed by atoms with Crippen LogP contribution in [0.5, 0.6) is 0 Å². The maximum atomic E-state index is 10.0. The smallest absolute Gasteiger partial charge is 0.124 e. The van der Waals surface area contributed by atoms with Gasteiger partial charge in [0, 0.05) is 5.75 Å². The minimum atomic E-state index is 0.0463. The first kappa shape index (κ1) is 5.25. The average molecular weight is 134 g/mol. The lowest BCUT2D eigenvalue weighted by Crippen LogP contribution is -1.80. The molecule has 0 bridgehead atoms. The van der Waals surface area contributed by atoms with E-state index in [9.17, 15) is 4.21 Å². The van der Waals surface area contributed by atoms with Gasteiger partial charge in [-0.15, -0.1) is 0 Å². The van der Waals surface area contributed by atoms with Crippen molar-refractivity contribution in [3.8, 4) is 0 Å². The van der Waals surface area contributed by atoms with E-state index >= 15 is 0 Å². The van der Waals surface area contributed by atoms with Crippen molar-refractivity contribution in [1.82, 2.24) is 0 Å². The predicted molar refractivity (Wildman–Crippen MR) is 34.1 cm³/mol. The van der Waals surface area contributed by atoms with Crippen molar-refractivity contribution in [2.75, 3.05) is 5.75 Å². The first-order chi connectivity index (χ1) is 3.43. The van der Waals surface area contributed by atoms with Crippen LogP contribution < -0.4 is 0 Å². The molecule has 1 rings (SSSR count). The Balaban J connectivity index is 2.77. The molecule has 1 heterocycles. The lowest BCUT2D eigenvalue weighted by atomic mass is 10.5. The summed E-state index contributed by atoms with van der Waals surface area (Å²) >= 11 is 0. The molecule has 1 atom stereocenters. The van der Waals surface area contributed by atoms with Gasteiger partial charge in [-0.05, 0) is 11.8 Å². The molecule has 0 radical (unpaired) electrons. The van der Waals surface area contributed by atoms with Gasteiger partial charge in [-0.1, -0.05) is 15.5 Å². The standard InChI is InChI=1S/C4H6OS2/c5-6-7-3-1-2-4-7/h1,3H,2,4H2. The molecule has 1 aliphatic heterocycles. The third-order valence-electron chi connectivity index (χ3n) is 0.821. The van der Waals surface area contributed by atoms with Gasteiger partial charge in [0.15, 0.2) is 0 Å². The van der Waals surface area contributed by atoms with Crippen molar-refractivity contribution in [3.05, 3.63) is 11.5 Å². The Morgan fingerprint density at radius 1 is 1.71 bits per heavy atom. The Kier molecular flexibility index (Phi) is 1.82. The van der Waals surface area contributed by atoms with E-state index in [1.165, 1.54) is 0 Å². The van der Waals surface area contributed by atoms with E-state index in [2.05, 4.69) is 6.08 Å². The van der Waals surface area contributed by atoms with Crippen LogP contribution >= 0.6 is 0 Å². The molecule has 0 aliphatic carbocycles. The summed E-state index contributed by atoms with van der Waals surface area (Å²) in [5, 5.41) is 2.01. The van der Waals surface area contributed by atoms with E-state index in [4.69, 9.17) is 0 Å². The first-order valence-electron chi connectivity index (χ1n) is 2.10. The summed E-state index contributed by atoms with van der Waals surface area (Å²) in [6.45, 7) is 0. The molecule has 1 aliphatic rings. The van der Waals surface area contributed by atoms with Crippen LogP contribution in [0.4, 0.5) is 0 Å². The summed E-state index contributed by atoms with van der Waals surface area (Å²) in [5.41, 5.74) is 0. The molecule has 1 nitrogen and oxygen atoms in total. The molecular formula is C4H6OS2. The number of rotatable bonds is 0. The van der Waals surface area contributed by atoms with Gasteiger partial charge < -0.3 is 0 Å². The van der Waals surface area contributed by atoms with Crippen LogP contribution in [0.1, 0.15) is 6.42 Å². The zero-order valence-electron chi connectivity index (χ0n) is 3.79. The molecule has 3 heteroatoms. The highest BCUT2D eigenvalue weighted by atomic mass is 32.8. The highest BCUT2D eigenvalue weighted by Gasteiger charge is 1.94. The minimum absolute atomic E-state index is 0.0463. The normalized spacial score (nSPS) is 28.3. The zero-order valence-corrected chi connectivity index (χ0v) is 5.43. The summed E-state index contributed by atoms with van der Waals surface area (Å²) in [4.78, 5) is 0. The molecule has 1 unspecified atom stereocenters. The summed E-state index contributed by atoms with van der Waals surface area (Å²) in [7, 11) is 0.770. The van der Waals surface area contributed by atoms with Crippen molar-refractivity contribution in [2.24, 2.45) is 0 Å².